The van der Waals surface area contributed by atoms with E-state index in [0.29, 0.717) is 18.7 Å². The highest BCUT2D eigenvalue weighted by Crippen LogP contribution is 2.27. The Morgan fingerprint density at radius 1 is 1.14 bits per heavy atom. The molecular weight excluding hydrogens is 326 g/mol. The van der Waals surface area contributed by atoms with Crippen LogP contribution in [0.25, 0.3) is 0 Å². The minimum atomic E-state index is -1.47. The van der Waals surface area contributed by atoms with Gasteiger partial charge in [0.05, 0.1) is 12.5 Å². The van der Waals surface area contributed by atoms with Gasteiger partial charge in [-0.15, -0.1) is 24.8 Å². The molecule has 1 aromatic rings. The second-order valence-corrected chi connectivity index (χ2v) is 4.46. The lowest BCUT2D eigenvalue weighted by Crippen LogP contribution is -2.45. The van der Waals surface area contributed by atoms with Gasteiger partial charge in [-0.1, -0.05) is 0 Å². The fraction of sp³-hybridized carbons (Fsp3) is 0.462. The summed E-state index contributed by atoms with van der Waals surface area (Å²) in [6.07, 6.45) is 0.116. The van der Waals surface area contributed by atoms with E-state index in [0.717, 1.165) is 25.2 Å². The Morgan fingerprint density at radius 2 is 1.67 bits per heavy atom. The Hall–Kier alpha value is -1.00. The van der Waals surface area contributed by atoms with E-state index in [1.54, 1.807) is 0 Å². The van der Waals surface area contributed by atoms with Crippen LogP contribution < -0.4 is 5.32 Å². The highest BCUT2D eigenvalue weighted by atomic mass is 35.5. The van der Waals surface area contributed by atoms with E-state index in [1.807, 2.05) is 11.0 Å². The van der Waals surface area contributed by atoms with Gasteiger partial charge in [-0.3, -0.25) is 4.90 Å². The lowest BCUT2D eigenvalue weighted by molar-refractivity contribution is 0.175. The molecule has 0 saturated carbocycles. The van der Waals surface area contributed by atoms with Gasteiger partial charge in [0.25, 0.3) is 0 Å². The third-order valence-corrected chi connectivity index (χ3v) is 3.27. The second kappa shape index (κ2) is 9.11. The zero-order chi connectivity index (χ0) is 13.8. The Labute approximate surface area is 133 Å². The first kappa shape index (κ1) is 20.0. The van der Waals surface area contributed by atoms with Crippen molar-refractivity contribution in [2.45, 2.75) is 12.5 Å². The fourth-order valence-electron chi connectivity index (χ4n) is 2.31. The summed E-state index contributed by atoms with van der Waals surface area (Å²) in [5, 5.41) is 12.0. The molecule has 0 bridgehead atoms. The van der Waals surface area contributed by atoms with Crippen LogP contribution in [0.1, 0.15) is 18.0 Å². The van der Waals surface area contributed by atoms with Crippen molar-refractivity contribution in [1.82, 2.24) is 10.2 Å². The van der Waals surface area contributed by atoms with E-state index < -0.39 is 23.5 Å². The Kier molecular flexibility index (Phi) is 8.67. The molecule has 3 nitrogen and oxygen atoms in total. The standard InChI is InChI=1S/C13H14F3N3.2ClH/c14-10-7-9(8-11(15)13(10)16)12(1-2-17)19-5-3-18-4-6-19;;/h7-8,12,18H,1,3-6H2;2*1H/t12-;;/m1../s1. The van der Waals surface area contributed by atoms with Crippen molar-refractivity contribution >= 4 is 24.8 Å². The molecular formula is C13H16Cl2F3N3. The van der Waals surface area contributed by atoms with Crippen molar-refractivity contribution in [2.75, 3.05) is 26.2 Å². The van der Waals surface area contributed by atoms with Crippen LogP contribution in [0, 0.1) is 28.8 Å². The van der Waals surface area contributed by atoms with Crippen LogP contribution in [0.3, 0.4) is 0 Å². The van der Waals surface area contributed by atoms with Gasteiger partial charge in [0.2, 0.25) is 0 Å². The topological polar surface area (TPSA) is 39.1 Å². The molecule has 0 aromatic heterocycles. The summed E-state index contributed by atoms with van der Waals surface area (Å²) >= 11 is 0. The molecule has 1 N–H and O–H groups in total. The maximum Gasteiger partial charge on any atom is 0.194 e. The molecule has 8 heteroatoms. The number of nitrogens with zero attached hydrogens (tertiary/aromatic N) is 2. The van der Waals surface area contributed by atoms with E-state index in [-0.39, 0.29) is 31.2 Å². The predicted octanol–water partition coefficient (Wildman–Crippen LogP) is 2.81. The molecule has 1 aliphatic rings. The highest BCUT2D eigenvalue weighted by molar-refractivity contribution is 5.85. The first-order valence-electron chi connectivity index (χ1n) is 6.09. The van der Waals surface area contributed by atoms with Gasteiger partial charge in [-0.2, -0.15) is 5.26 Å². The van der Waals surface area contributed by atoms with Crippen molar-refractivity contribution < 1.29 is 13.2 Å². The average molecular weight is 342 g/mol. The third-order valence-electron chi connectivity index (χ3n) is 3.27. The molecule has 0 spiro atoms. The molecule has 1 saturated heterocycles. The van der Waals surface area contributed by atoms with Crippen LogP contribution in [-0.4, -0.2) is 31.1 Å². The van der Waals surface area contributed by atoms with E-state index in [9.17, 15) is 13.2 Å². The smallest absolute Gasteiger partial charge is 0.194 e. The summed E-state index contributed by atoms with van der Waals surface area (Å²) in [4.78, 5) is 1.98. The maximum absolute atomic E-state index is 13.3. The van der Waals surface area contributed by atoms with Crippen LogP contribution in [0.2, 0.25) is 0 Å². The van der Waals surface area contributed by atoms with E-state index in [1.165, 1.54) is 0 Å². The number of rotatable bonds is 3. The molecule has 2 rings (SSSR count). The minimum absolute atomic E-state index is 0. The SMILES string of the molecule is Cl.Cl.N#CC[C@H](c1cc(F)c(F)c(F)c1)N1CCNCC1. The highest BCUT2D eigenvalue weighted by Gasteiger charge is 2.24. The molecule has 0 aliphatic carbocycles. The summed E-state index contributed by atoms with van der Waals surface area (Å²) in [6.45, 7) is 2.89. The van der Waals surface area contributed by atoms with Crippen LogP contribution in [0.4, 0.5) is 13.2 Å². The van der Waals surface area contributed by atoms with Gasteiger partial charge in [0, 0.05) is 32.2 Å². The average Bonchev–Trinajstić information content (AvgIpc) is 2.42. The van der Waals surface area contributed by atoms with Crippen LogP contribution >= 0.6 is 24.8 Å². The summed E-state index contributed by atoms with van der Waals surface area (Å²) < 4.78 is 39.5. The van der Waals surface area contributed by atoms with Crippen molar-refractivity contribution in [1.29, 1.82) is 5.26 Å². The van der Waals surface area contributed by atoms with Gasteiger partial charge in [-0.05, 0) is 17.7 Å². The molecule has 0 unspecified atom stereocenters. The quantitative estimate of drug-likeness (QED) is 0.859. The lowest BCUT2D eigenvalue weighted by Gasteiger charge is -2.34. The first-order chi connectivity index (χ1) is 9.13. The second-order valence-electron chi connectivity index (χ2n) is 4.46. The summed E-state index contributed by atoms with van der Waals surface area (Å²) in [5.41, 5.74) is 0.305. The molecule has 1 aliphatic heterocycles. The molecule has 1 heterocycles. The number of piperazine rings is 1. The predicted molar refractivity (Wildman–Crippen MR) is 78.2 cm³/mol. The zero-order valence-electron chi connectivity index (χ0n) is 11.1. The van der Waals surface area contributed by atoms with Gasteiger partial charge in [0.15, 0.2) is 17.5 Å². The van der Waals surface area contributed by atoms with E-state index in [4.69, 9.17) is 5.26 Å². The molecule has 21 heavy (non-hydrogen) atoms. The largest absolute Gasteiger partial charge is 0.314 e. The molecule has 1 atom stereocenters. The maximum atomic E-state index is 13.3. The Bertz CT molecular complexity index is 479. The number of nitrogens with one attached hydrogen (secondary N) is 1. The molecule has 1 fully saturated rings. The summed E-state index contributed by atoms with van der Waals surface area (Å²) in [5.74, 6) is -3.90. The van der Waals surface area contributed by atoms with Gasteiger partial charge < -0.3 is 5.32 Å². The molecule has 118 valence electrons. The van der Waals surface area contributed by atoms with Gasteiger partial charge >= 0.3 is 0 Å². The number of hydrogen-bond donors (Lipinski definition) is 1. The summed E-state index contributed by atoms with van der Waals surface area (Å²) in [7, 11) is 0. The number of halogens is 5. The van der Waals surface area contributed by atoms with Crippen LogP contribution in [-0.2, 0) is 0 Å². The third kappa shape index (κ3) is 4.75. The Balaban J connectivity index is 0.00000200. The van der Waals surface area contributed by atoms with Gasteiger partial charge in [0.1, 0.15) is 0 Å². The van der Waals surface area contributed by atoms with E-state index in [2.05, 4.69) is 5.32 Å². The van der Waals surface area contributed by atoms with Crippen LogP contribution in [0.5, 0.6) is 0 Å². The first-order valence-corrected chi connectivity index (χ1v) is 6.09. The fourth-order valence-corrected chi connectivity index (χ4v) is 2.31. The van der Waals surface area contributed by atoms with Crippen molar-refractivity contribution in [3.63, 3.8) is 0 Å². The number of hydrogen-bond acceptors (Lipinski definition) is 3. The van der Waals surface area contributed by atoms with Crippen molar-refractivity contribution in [3.05, 3.63) is 35.1 Å². The lowest BCUT2D eigenvalue weighted by atomic mass is 10.0. The normalized spacial score (nSPS) is 16.3. The Morgan fingerprint density at radius 3 is 2.14 bits per heavy atom. The van der Waals surface area contributed by atoms with Crippen LogP contribution in [0.15, 0.2) is 12.1 Å². The van der Waals surface area contributed by atoms with E-state index >= 15 is 0 Å². The molecule has 0 radical (unpaired) electrons. The zero-order valence-corrected chi connectivity index (χ0v) is 12.7. The van der Waals surface area contributed by atoms with Gasteiger partial charge in [-0.25, -0.2) is 13.2 Å². The monoisotopic (exact) mass is 341 g/mol. The minimum Gasteiger partial charge on any atom is -0.314 e. The molecule has 0 amide bonds. The van der Waals surface area contributed by atoms with Crippen molar-refractivity contribution in [3.8, 4) is 6.07 Å². The number of nitriles is 1. The summed E-state index contributed by atoms with van der Waals surface area (Å²) in [6, 6.07) is 3.56. The molecule has 1 aromatic carbocycles. The van der Waals surface area contributed by atoms with Crippen molar-refractivity contribution in [2.24, 2.45) is 0 Å². The number of benzene rings is 1.